The predicted octanol–water partition coefficient (Wildman–Crippen LogP) is -0.374. The third-order valence-electron chi connectivity index (χ3n) is 0.711. The van der Waals surface area contributed by atoms with E-state index in [1.54, 1.807) is 0 Å². The molecule has 0 heterocycles. The van der Waals surface area contributed by atoms with Gasteiger partial charge in [0.25, 0.3) is 0 Å². The van der Waals surface area contributed by atoms with E-state index in [4.69, 9.17) is 10.8 Å². The lowest BCUT2D eigenvalue weighted by Crippen LogP contribution is -2.11. The summed E-state index contributed by atoms with van der Waals surface area (Å²) in [4.78, 5) is 0. The van der Waals surface area contributed by atoms with Crippen molar-refractivity contribution in [2.75, 3.05) is 13.2 Å². The van der Waals surface area contributed by atoms with Crippen LogP contribution in [0.5, 0.6) is 0 Å². The molecule has 3 N–H and O–H groups in total. The number of hydrogen-bond donors (Lipinski definition) is 3. The predicted molar refractivity (Wildman–Crippen MR) is 33.5 cm³/mol. The van der Waals surface area contributed by atoms with Gasteiger partial charge in [-0.25, -0.2) is 0 Å². The normalized spacial score (nSPS) is 14.1. The number of nitrogens with two attached hydrogens (primary N) is 1. The van der Waals surface area contributed by atoms with Gasteiger partial charge in [-0.3, -0.25) is 0 Å². The van der Waals surface area contributed by atoms with E-state index in [1.807, 2.05) is 0 Å². The first-order chi connectivity index (χ1) is 3.31. The number of hydrogen-bond acceptors (Lipinski definition) is 3. The van der Waals surface area contributed by atoms with Gasteiger partial charge in [0, 0.05) is 5.25 Å². The fourth-order valence-electron chi connectivity index (χ4n) is 0.284. The minimum atomic E-state index is 0.0741. The van der Waals surface area contributed by atoms with Crippen LogP contribution in [0.4, 0.5) is 0 Å². The van der Waals surface area contributed by atoms with Gasteiger partial charge in [-0.15, -0.1) is 0 Å². The van der Waals surface area contributed by atoms with Gasteiger partial charge in [0.05, 0.1) is 6.61 Å². The Morgan fingerprint density at radius 3 is 2.43 bits per heavy atom. The van der Waals surface area contributed by atoms with Crippen molar-refractivity contribution < 1.29 is 5.11 Å². The summed E-state index contributed by atoms with van der Waals surface area (Å²) < 4.78 is 0. The Balaban J connectivity index is 2.83. The quantitative estimate of drug-likeness (QED) is 0.446. The van der Waals surface area contributed by atoms with Crippen LogP contribution in [-0.4, -0.2) is 23.5 Å². The van der Waals surface area contributed by atoms with E-state index >= 15 is 0 Å². The molecule has 7 heavy (non-hydrogen) atoms. The molecule has 0 aliphatic carbocycles. The second-order valence-electron chi connectivity index (χ2n) is 1.41. The van der Waals surface area contributed by atoms with Gasteiger partial charge in [0.2, 0.25) is 0 Å². The monoisotopic (exact) mass is 121 g/mol. The lowest BCUT2D eigenvalue weighted by molar-refractivity contribution is 0.292. The van der Waals surface area contributed by atoms with Crippen molar-refractivity contribution >= 4 is 12.6 Å². The topological polar surface area (TPSA) is 46.2 Å². The van der Waals surface area contributed by atoms with E-state index in [0.29, 0.717) is 6.54 Å². The molecule has 0 radical (unpaired) electrons. The summed E-state index contributed by atoms with van der Waals surface area (Å²) in [5, 5.41) is 8.41. The van der Waals surface area contributed by atoms with E-state index in [0.717, 1.165) is 6.42 Å². The minimum Gasteiger partial charge on any atom is -0.395 e. The summed E-state index contributed by atoms with van der Waals surface area (Å²) in [5.41, 5.74) is 5.14. The van der Waals surface area contributed by atoms with Crippen LogP contribution in [0.15, 0.2) is 0 Å². The zero-order valence-electron chi connectivity index (χ0n) is 4.17. The molecule has 0 saturated heterocycles. The van der Waals surface area contributed by atoms with Gasteiger partial charge in [0.1, 0.15) is 0 Å². The summed E-state index contributed by atoms with van der Waals surface area (Å²) in [7, 11) is 0. The van der Waals surface area contributed by atoms with Crippen LogP contribution >= 0.6 is 12.6 Å². The van der Waals surface area contributed by atoms with Crippen molar-refractivity contribution in [1.82, 2.24) is 0 Å². The molecule has 0 aromatic rings. The molecule has 0 aromatic heterocycles. The summed E-state index contributed by atoms with van der Waals surface area (Å²) in [5.74, 6) is 0. The molecule has 0 rings (SSSR count). The lowest BCUT2D eigenvalue weighted by atomic mass is 10.3. The summed E-state index contributed by atoms with van der Waals surface area (Å²) in [6, 6.07) is 0. The Bertz CT molecular complexity index is 42.7. The Labute approximate surface area is 49.1 Å². The maximum Gasteiger partial charge on any atom is 0.0547 e. The lowest BCUT2D eigenvalue weighted by Gasteiger charge is -2.00. The first-order valence-corrected chi connectivity index (χ1v) is 2.82. The Hall–Kier alpha value is 0.270. The third-order valence-corrected chi connectivity index (χ3v) is 1.13. The average molecular weight is 121 g/mol. The van der Waals surface area contributed by atoms with Crippen LogP contribution in [-0.2, 0) is 0 Å². The molecule has 0 aromatic carbocycles. The maximum atomic E-state index is 8.33. The van der Waals surface area contributed by atoms with E-state index in [-0.39, 0.29) is 11.9 Å². The molecular formula is C4H11NOS. The Morgan fingerprint density at radius 2 is 2.29 bits per heavy atom. The van der Waals surface area contributed by atoms with E-state index in [2.05, 4.69) is 12.6 Å². The molecule has 0 aliphatic rings. The smallest absolute Gasteiger partial charge is 0.0547 e. The van der Waals surface area contributed by atoms with Crippen LogP contribution in [0.3, 0.4) is 0 Å². The highest BCUT2D eigenvalue weighted by molar-refractivity contribution is 7.81. The number of rotatable bonds is 3. The van der Waals surface area contributed by atoms with Crippen molar-refractivity contribution in [3.05, 3.63) is 0 Å². The van der Waals surface area contributed by atoms with Crippen LogP contribution in [0.25, 0.3) is 0 Å². The molecule has 0 aliphatic heterocycles. The van der Waals surface area contributed by atoms with Gasteiger partial charge in [-0.2, -0.15) is 12.6 Å². The van der Waals surface area contributed by atoms with Gasteiger partial charge >= 0.3 is 0 Å². The summed E-state index contributed by atoms with van der Waals surface area (Å²) in [6.07, 6.45) is 0.791. The van der Waals surface area contributed by atoms with Crippen molar-refractivity contribution in [2.45, 2.75) is 11.7 Å². The fraction of sp³-hybridized carbons (Fsp3) is 1.00. The molecule has 0 amide bonds. The van der Waals surface area contributed by atoms with Crippen LogP contribution in [0.1, 0.15) is 6.42 Å². The molecule has 0 fully saturated rings. The average Bonchev–Trinajstić information content (AvgIpc) is 1.68. The van der Waals surface area contributed by atoms with Crippen molar-refractivity contribution in [3.63, 3.8) is 0 Å². The van der Waals surface area contributed by atoms with Gasteiger partial charge in [-0.05, 0) is 13.0 Å². The van der Waals surface area contributed by atoms with Gasteiger partial charge in [-0.1, -0.05) is 0 Å². The largest absolute Gasteiger partial charge is 0.395 e. The zero-order valence-corrected chi connectivity index (χ0v) is 5.06. The second-order valence-corrected chi connectivity index (χ2v) is 2.14. The zero-order chi connectivity index (χ0) is 5.70. The minimum absolute atomic E-state index is 0.0741. The SMILES string of the molecule is NCCC(S)CO. The van der Waals surface area contributed by atoms with E-state index in [1.165, 1.54) is 0 Å². The van der Waals surface area contributed by atoms with Crippen LogP contribution < -0.4 is 5.73 Å². The van der Waals surface area contributed by atoms with Crippen molar-refractivity contribution in [1.29, 1.82) is 0 Å². The van der Waals surface area contributed by atoms with Crippen molar-refractivity contribution in [3.8, 4) is 0 Å². The summed E-state index contributed by atoms with van der Waals surface area (Å²) in [6.45, 7) is 0.731. The number of aliphatic hydroxyl groups excluding tert-OH is 1. The van der Waals surface area contributed by atoms with E-state index < -0.39 is 0 Å². The van der Waals surface area contributed by atoms with E-state index in [9.17, 15) is 0 Å². The van der Waals surface area contributed by atoms with Gasteiger partial charge < -0.3 is 10.8 Å². The first kappa shape index (κ1) is 7.27. The molecule has 1 atom stereocenters. The fourth-order valence-corrected chi connectivity index (χ4v) is 0.433. The molecule has 1 unspecified atom stereocenters. The molecule has 2 nitrogen and oxygen atoms in total. The second kappa shape index (κ2) is 4.43. The van der Waals surface area contributed by atoms with Crippen molar-refractivity contribution in [2.24, 2.45) is 5.73 Å². The highest BCUT2D eigenvalue weighted by Crippen LogP contribution is 1.95. The van der Waals surface area contributed by atoms with Crippen LogP contribution in [0.2, 0.25) is 0 Å². The highest BCUT2D eigenvalue weighted by Gasteiger charge is 1.95. The molecule has 0 spiro atoms. The molecule has 0 saturated carbocycles. The van der Waals surface area contributed by atoms with Crippen LogP contribution in [0, 0.1) is 0 Å². The standard InChI is InChI=1S/C4H11NOS/c5-2-1-4(7)3-6/h4,6-7H,1-3,5H2. The Morgan fingerprint density at radius 1 is 1.71 bits per heavy atom. The highest BCUT2D eigenvalue weighted by atomic mass is 32.1. The number of aliphatic hydroxyl groups is 1. The number of thiol groups is 1. The maximum absolute atomic E-state index is 8.33. The molecule has 0 bridgehead atoms. The molecule has 3 heteroatoms. The molecule has 44 valence electrons. The summed E-state index contributed by atoms with van der Waals surface area (Å²) >= 11 is 3.98. The first-order valence-electron chi connectivity index (χ1n) is 2.30. The molecular weight excluding hydrogens is 110 g/mol. The Kier molecular flexibility index (Phi) is 4.60. The third kappa shape index (κ3) is 4.12. The van der Waals surface area contributed by atoms with Gasteiger partial charge in [0.15, 0.2) is 0 Å².